The molecule has 3 heteroatoms. The Morgan fingerprint density at radius 3 is 2.95 bits per heavy atom. The van der Waals surface area contributed by atoms with E-state index in [0.717, 1.165) is 23.2 Å². The molecule has 1 heterocycles. The lowest BCUT2D eigenvalue weighted by atomic mass is 10.2. The molecule has 1 N–H and O–H groups in total. The fourth-order valence-electron chi connectivity index (χ4n) is 2.75. The third-order valence-electron chi connectivity index (χ3n) is 3.75. The first kappa shape index (κ1) is 12.4. The highest BCUT2D eigenvalue weighted by molar-refractivity contribution is 5.84. The standard InChI is InChI=1S/C16H20N2O/c1-2-6-13(5-1)17-11-12-19-16-9-3-8-15-14(16)7-4-10-18-15/h3-4,7-10,13,17H,1-2,5-6,11-12H2. The van der Waals surface area contributed by atoms with E-state index in [9.17, 15) is 0 Å². The van der Waals surface area contributed by atoms with Crippen LogP contribution in [0.2, 0.25) is 0 Å². The highest BCUT2D eigenvalue weighted by Gasteiger charge is 2.13. The number of fused-ring (bicyclic) bond motifs is 1. The van der Waals surface area contributed by atoms with Crippen LogP contribution in [0.15, 0.2) is 36.5 Å². The minimum Gasteiger partial charge on any atom is -0.492 e. The molecule has 3 rings (SSSR count). The summed E-state index contributed by atoms with van der Waals surface area (Å²) in [4.78, 5) is 4.34. The van der Waals surface area contributed by atoms with Gasteiger partial charge in [-0.25, -0.2) is 0 Å². The van der Waals surface area contributed by atoms with Gasteiger partial charge < -0.3 is 10.1 Å². The average Bonchev–Trinajstić information content (AvgIpc) is 2.97. The van der Waals surface area contributed by atoms with Crippen molar-refractivity contribution in [2.75, 3.05) is 13.2 Å². The predicted octanol–water partition coefficient (Wildman–Crippen LogP) is 3.15. The van der Waals surface area contributed by atoms with E-state index in [1.54, 1.807) is 0 Å². The summed E-state index contributed by atoms with van der Waals surface area (Å²) in [6, 6.07) is 10.7. The minimum absolute atomic E-state index is 0.706. The Bertz CT molecular complexity index is 530. The van der Waals surface area contributed by atoms with Crippen LogP contribution in [0, 0.1) is 0 Å². The summed E-state index contributed by atoms with van der Waals surface area (Å²) in [6.45, 7) is 1.63. The summed E-state index contributed by atoms with van der Waals surface area (Å²) in [5, 5.41) is 4.65. The molecule has 0 saturated heterocycles. The highest BCUT2D eigenvalue weighted by atomic mass is 16.5. The fourth-order valence-corrected chi connectivity index (χ4v) is 2.75. The van der Waals surface area contributed by atoms with Gasteiger partial charge in [-0.3, -0.25) is 4.98 Å². The number of ether oxygens (including phenoxy) is 1. The first-order valence-electron chi connectivity index (χ1n) is 7.13. The molecule has 100 valence electrons. The zero-order chi connectivity index (χ0) is 12.9. The van der Waals surface area contributed by atoms with Crippen molar-refractivity contribution in [3.05, 3.63) is 36.5 Å². The molecule has 3 nitrogen and oxygen atoms in total. The van der Waals surface area contributed by atoms with E-state index in [0.29, 0.717) is 12.6 Å². The Labute approximate surface area is 114 Å². The first-order valence-corrected chi connectivity index (χ1v) is 7.13. The number of pyridine rings is 1. The lowest BCUT2D eigenvalue weighted by Crippen LogP contribution is -2.30. The van der Waals surface area contributed by atoms with Crippen molar-refractivity contribution in [1.29, 1.82) is 0 Å². The van der Waals surface area contributed by atoms with Gasteiger partial charge in [0, 0.05) is 24.2 Å². The van der Waals surface area contributed by atoms with E-state index >= 15 is 0 Å². The van der Waals surface area contributed by atoms with E-state index < -0.39 is 0 Å². The van der Waals surface area contributed by atoms with Gasteiger partial charge in [0.2, 0.25) is 0 Å². The number of nitrogens with one attached hydrogen (secondary N) is 1. The van der Waals surface area contributed by atoms with Crippen molar-refractivity contribution >= 4 is 10.9 Å². The van der Waals surface area contributed by atoms with Crippen LogP contribution in [0.4, 0.5) is 0 Å². The largest absolute Gasteiger partial charge is 0.492 e. The summed E-state index contributed by atoms with van der Waals surface area (Å²) in [5.41, 5.74) is 0.990. The summed E-state index contributed by atoms with van der Waals surface area (Å²) in [7, 11) is 0. The average molecular weight is 256 g/mol. The Morgan fingerprint density at radius 2 is 2.05 bits per heavy atom. The van der Waals surface area contributed by atoms with Gasteiger partial charge in [-0.2, -0.15) is 0 Å². The van der Waals surface area contributed by atoms with E-state index in [1.807, 2.05) is 30.5 Å². The van der Waals surface area contributed by atoms with Gasteiger partial charge in [0.1, 0.15) is 12.4 Å². The first-order chi connectivity index (χ1) is 9.43. The molecule has 0 atom stereocenters. The van der Waals surface area contributed by atoms with Gasteiger partial charge in [-0.05, 0) is 37.1 Å². The molecule has 1 aromatic heterocycles. The van der Waals surface area contributed by atoms with Gasteiger partial charge in [0.25, 0.3) is 0 Å². The normalized spacial score (nSPS) is 16.0. The molecule has 1 aliphatic carbocycles. The van der Waals surface area contributed by atoms with E-state index in [2.05, 4.69) is 16.4 Å². The van der Waals surface area contributed by atoms with E-state index in [1.165, 1.54) is 25.7 Å². The number of benzene rings is 1. The van der Waals surface area contributed by atoms with Crippen molar-refractivity contribution in [3.63, 3.8) is 0 Å². The maximum Gasteiger partial charge on any atom is 0.128 e. The molecular weight excluding hydrogens is 236 g/mol. The lowest BCUT2D eigenvalue weighted by molar-refractivity contribution is 0.308. The van der Waals surface area contributed by atoms with Gasteiger partial charge >= 0.3 is 0 Å². The second-order valence-electron chi connectivity index (χ2n) is 5.11. The molecule has 0 spiro atoms. The summed E-state index contributed by atoms with van der Waals surface area (Å²) in [5.74, 6) is 0.929. The predicted molar refractivity (Wildman–Crippen MR) is 77.5 cm³/mol. The second kappa shape index (κ2) is 6.02. The van der Waals surface area contributed by atoms with Crippen LogP contribution in [0.25, 0.3) is 10.9 Å². The topological polar surface area (TPSA) is 34.1 Å². The fraction of sp³-hybridized carbons (Fsp3) is 0.438. The van der Waals surface area contributed by atoms with Crippen LogP contribution in [0.3, 0.4) is 0 Å². The number of nitrogens with zero attached hydrogens (tertiary/aromatic N) is 1. The molecule has 0 radical (unpaired) electrons. The van der Waals surface area contributed by atoms with Gasteiger partial charge in [0.15, 0.2) is 0 Å². The zero-order valence-corrected chi connectivity index (χ0v) is 11.1. The van der Waals surface area contributed by atoms with Crippen LogP contribution in [-0.4, -0.2) is 24.2 Å². The molecule has 1 aliphatic rings. The third kappa shape index (κ3) is 3.04. The zero-order valence-electron chi connectivity index (χ0n) is 11.1. The molecule has 0 aliphatic heterocycles. The van der Waals surface area contributed by atoms with Crippen LogP contribution < -0.4 is 10.1 Å². The van der Waals surface area contributed by atoms with Crippen molar-refractivity contribution < 1.29 is 4.74 Å². The van der Waals surface area contributed by atoms with Crippen molar-refractivity contribution in [1.82, 2.24) is 10.3 Å². The minimum atomic E-state index is 0.706. The molecule has 2 aromatic rings. The van der Waals surface area contributed by atoms with Gasteiger partial charge in [0.05, 0.1) is 5.52 Å². The molecular formula is C16H20N2O. The van der Waals surface area contributed by atoms with Gasteiger partial charge in [-0.15, -0.1) is 0 Å². The van der Waals surface area contributed by atoms with Gasteiger partial charge in [-0.1, -0.05) is 18.9 Å². The molecule has 0 unspecified atom stereocenters. The number of rotatable bonds is 5. The SMILES string of the molecule is c1cc(OCCNC2CCCC2)c2cccnc2c1. The smallest absolute Gasteiger partial charge is 0.128 e. The Morgan fingerprint density at radius 1 is 1.16 bits per heavy atom. The number of aromatic nitrogens is 1. The Kier molecular flexibility index (Phi) is 3.94. The van der Waals surface area contributed by atoms with Crippen molar-refractivity contribution in [3.8, 4) is 5.75 Å². The Hall–Kier alpha value is -1.61. The van der Waals surface area contributed by atoms with Crippen molar-refractivity contribution in [2.24, 2.45) is 0 Å². The van der Waals surface area contributed by atoms with E-state index in [-0.39, 0.29) is 0 Å². The molecule has 1 saturated carbocycles. The quantitative estimate of drug-likeness (QED) is 0.834. The summed E-state index contributed by atoms with van der Waals surface area (Å²) in [6.07, 6.45) is 7.19. The highest BCUT2D eigenvalue weighted by Crippen LogP contribution is 2.23. The number of hydrogen-bond acceptors (Lipinski definition) is 3. The maximum atomic E-state index is 5.88. The second-order valence-corrected chi connectivity index (χ2v) is 5.11. The number of hydrogen-bond donors (Lipinski definition) is 1. The summed E-state index contributed by atoms with van der Waals surface area (Å²) < 4.78 is 5.88. The molecule has 1 aromatic carbocycles. The van der Waals surface area contributed by atoms with Crippen LogP contribution >= 0.6 is 0 Å². The maximum absolute atomic E-state index is 5.88. The molecule has 19 heavy (non-hydrogen) atoms. The van der Waals surface area contributed by atoms with Crippen molar-refractivity contribution in [2.45, 2.75) is 31.7 Å². The van der Waals surface area contributed by atoms with E-state index in [4.69, 9.17) is 4.74 Å². The molecule has 0 bridgehead atoms. The van der Waals surface area contributed by atoms with Crippen LogP contribution in [0.5, 0.6) is 5.75 Å². The summed E-state index contributed by atoms with van der Waals surface area (Å²) >= 11 is 0. The van der Waals surface area contributed by atoms with Crippen LogP contribution in [0.1, 0.15) is 25.7 Å². The lowest BCUT2D eigenvalue weighted by Gasteiger charge is -2.13. The Balaban J connectivity index is 1.56. The molecule has 1 fully saturated rings. The molecule has 0 amide bonds. The third-order valence-corrected chi connectivity index (χ3v) is 3.75. The monoisotopic (exact) mass is 256 g/mol. The van der Waals surface area contributed by atoms with Crippen LogP contribution in [-0.2, 0) is 0 Å².